The Hall–Kier alpha value is -4.09. The van der Waals surface area contributed by atoms with Gasteiger partial charge in [0.1, 0.15) is 23.1 Å². The molecule has 1 aromatic heterocycles. The van der Waals surface area contributed by atoms with E-state index in [4.69, 9.17) is 14.3 Å². The van der Waals surface area contributed by atoms with Gasteiger partial charge in [-0.25, -0.2) is 18.6 Å². The molecule has 3 aliphatic heterocycles. The number of amides is 1. The number of ketones is 1. The number of carbonyl (C=O) groups is 2. The van der Waals surface area contributed by atoms with E-state index in [1.54, 1.807) is 33.9 Å². The summed E-state index contributed by atoms with van der Waals surface area (Å²) in [4.78, 5) is 40.1. The Kier molecular flexibility index (Phi) is 11.8. The molecule has 4 heterocycles. The summed E-state index contributed by atoms with van der Waals surface area (Å²) in [7, 11) is 0. The number of halogens is 2. The van der Waals surface area contributed by atoms with E-state index in [2.05, 4.69) is 27.3 Å². The van der Waals surface area contributed by atoms with E-state index in [0.29, 0.717) is 54.0 Å². The fourth-order valence-corrected chi connectivity index (χ4v) is 7.15. The molecular formula is C38H52F2N6O4. The minimum absolute atomic E-state index is 0.0982. The van der Waals surface area contributed by atoms with Gasteiger partial charge in [0.05, 0.1) is 6.04 Å². The number of rotatable bonds is 11. The Balaban J connectivity index is 1.23. The van der Waals surface area contributed by atoms with E-state index in [9.17, 15) is 14.0 Å². The number of hydrogen-bond acceptors (Lipinski definition) is 9. The summed E-state index contributed by atoms with van der Waals surface area (Å²) in [5.74, 6) is 0.199. The van der Waals surface area contributed by atoms with Crippen molar-refractivity contribution in [1.82, 2.24) is 20.4 Å². The van der Waals surface area contributed by atoms with Crippen LogP contribution in [0.25, 0.3) is 0 Å². The molecule has 1 aromatic carbocycles. The first-order valence-electron chi connectivity index (χ1n) is 18.0. The molecule has 3 unspecified atom stereocenters. The summed E-state index contributed by atoms with van der Waals surface area (Å²) >= 11 is 0. The van der Waals surface area contributed by atoms with Crippen LogP contribution in [0, 0.1) is 30.4 Å². The van der Waals surface area contributed by atoms with Gasteiger partial charge in [-0.05, 0) is 102 Å². The first-order valence-corrected chi connectivity index (χ1v) is 18.0. The summed E-state index contributed by atoms with van der Waals surface area (Å²) in [5, 5.41) is 6.95. The first kappa shape index (κ1) is 37.2. The third kappa shape index (κ3) is 8.98. The molecule has 0 spiro atoms. The smallest absolute Gasteiger partial charge is 0.407 e. The van der Waals surface area contributed by atoms with Crippen LogP contribution in [0.2, 0.25) is 0 Å². The molecule has 5 rings (SSSR count). The van der Waals surface area contributed by atoms with Gasteiger partial charge in [-0.15, -0.1) is 0 Å². The summed E-state index contributed by atoms with van der Waals surface area (Å²) in [6.07, 6.45) is 8.89. The monoisotopic (exact) mass is 694 g/mol. The third-order valence-electron chi connectivity index (χ3n) is 10.1. The van der Waals surface area contributed by atoms with Crippen LogP contribution in [0.5, 0.6) is 0 Å². The number of anilines is 1. The fraction of sp³-hybridized carbons (Fsp3) is 0.605. The van der Waals surface area contributed by atoms with Gasteiger partial charge >= 0.3 is 12.1 Å². The Morgan fingerprint density at radius 3 is 2.48 bits per heavy atom. The number of Topliss-reactive ketones (excluding diaryl/α,β-unsaturated/α-hetero) is 1. The van der Waals surface area contributed by atoms with Crippen molar-refractivity contribution < 1.29 is 27.6 Å². The number of alkyl carbamates (subject to hydrolysis) is 1. The normalized spacial score (nSPS) is 20.9. The number of aryl methyl sites for hydroxylation is 2. The number of aromatic nitrogens is 2. The van der Waals surface area contributed by atoms with Crippen LogP contribution in [-0.4, -0.2) is 71.0 Å². The van der Waals surface area contributed by atoms with Crippen molar-refractivity contribution in [1.29, 1.82) is 0 Å². The van der Waals surface area contributed by atoms with Gasteiger partial charge in [0.2, 0.25) is 0 Å². The van der Waals surface area contributed by atoms with Crippen molar-refractivity contribution in [2.75, 3.05) is 31.1 Å². The van der Waals surface area contributed by atoms with Crippen molar-refractivity contribution in [3.8, 4) is 0 Å². The van der Waals surface area contributed by atoms with Crippen LogP contribution in [-0.2, 0) is 16.0 Å². The lowest BCUT2D eigenvalue weighted by atomic mass is 9.84. The maximum atomic E-state index is 15.2. The standard InChI is InChI=1S/C38H52F2N6O4/c1-8-26(13-11-25-14-16-45(17-15-25)36-43-33(9-2)44-50-36)34(47)27-12-10-23(3)35(41-20-27)46-21-29(28-18-24(4)30(39)19-31(28)40)32(22-46)42-37(48)49-38(5,6)7/h12,18-20,25-26,29,32H,8-11,13-17,21-22H2,1-7H3,(H,42,48). The van der Waals surface area contributed by atoms with Crippen LogP contribution in [0.15, 0.2) is 44.7 Å². The molecule has 2 saturated heterocycles. The van der Waals surface area contributed by atoms with Crippen LogP contribution in [0.4, 0.5) is 19.6 Å². The molecule has 3 atom stereocenters. The predicted octanol–water partition coefficient (Wildman–Crippen LogP) is 7.44. The summed E-state index contributed by atoms with van der Waals surface area (Å²) in [6.45, 7) is 15.4. The number of likely N-dealkylation sites (tertiary alicyclic amines) is 1. The number of carbonyl (C=O) groups excluding carboxylic acids is 2. The van der Waals surface area contributed by atoms with Crippen molar-refractivity contribution in [2.24, 2.45) is 16.8 Å². The summed E-state index contributed by atoms with van der Waals surface area (Å²) in [5.41, 5.74) is 1.51. The highest BCUT2D eigenvalue weighted by atomic mass is 19.1. The number of allylic oxidation sites excluding steroid dienone is 3. The maximum absolute atomic E-state index is 15.2. The fourth-order valence-electron chi connectivity index (χ4n) is 7.15. The van der Waals surface area contributed by atoms with E-state index < -0.39 is 35.3 Å². The third-order valence-corrected chi connectivity index (χ3v) is 10.1. The SMILES string of the molecule is CCc1noc(N2CCC(CCC(CC)C(=O)C3=CCC(C)=C(N4CC(NC(=O)OC(C)(C)C)C(c5cc(C)c(F)cc5F)C4)N=C3)CC2)n1. The predicted molar refractivity (Wildman–Crippen MR) is 189 cm³/mol. The van der Waals surface area contributed by atoms with E-state index in [1.165, 1.54) is 6.07 Å². The van der Waals surface area contributed by atoms with Crippen LogP contribution in [0.1, 0.15) is 103 Å². The largest absolute Gasteiger partial charge is 0.444 e. The summed E-state index contributed by atoms with van der Waals surface area (Å²) in [6, 6.07) is 2.50. The zero-order chi connectivity index (χ0) is 36.2. The topological polar surface area (TPSA) is 113 Å². The molecule has 0 bridgehead atoms. The molecule has 0 saturated carbocycles. The molecule has 0 aliphatic carbocycles. The lowest BCUT2D eigenvalue weighted by Gasteiger charge is -2.31. The van der Waals surface area contributed by atoms with Crippen molar-refractivity contribution >= 4 is 24.1 Å². The molecule has 3 aliphatic rings. The van der Waals surface area contributed by atoms with Crippen molar-refractivity contribution in [2.45, 2.75) is 111 Å². The highest BCUT2D eigenvalue weighted by Gasteiger charge is 2.39. The van der Waals surface area contributed by atoms with Gasteiger partial charge in [0, 0.05) is 62.3 Å². The number of piperidine rings is 1. The molecule has 272 valence electrons. The average Bonchev–Trinajstić information content (AvgIpc) is 3.66. The number of aliphatic imine (C=N–C) groups is 1. The molecule has 0 radical (unpaired) electrons. The summed E-state index contributed by atoms with van der Waals surface area (Å²) < 4.78 is 40.4. The van der Waals surface area contributed by atoms with Gasteiger partial charge < -0.3 is 24.4 Å². The molecule has 1 amide bonds. The molecule has 2 aromatic rings. The molecular weight excluding hydrogens is 642 g/mol. The quantitative estimate of drug-likeness (QED) is 0.258. The Morgan fingerprint density at radius 2 is 1.82 bits per heavy atom. The van der Waals surface area contributed by atoms with Crippen molar-refractivity contribution in [3.05, 3.63) is 63.8 Å². The zero-order valence-electron chi connectivity index (χ0n) is 30.5. The highest BCUT2D eigenvalue weighted by molar-refractivity contribution is 6.14. The van der Waals surface area contributed by atoms with Crippen LogP contribution < -0.4 is 10.2 Å². The Labute approximate surface area is 294 Å². The number of hydrogen-bond donors (Lipinski definition) is 1. The molecule has 2 fully saturated rings. The van der Waals surface area contributed by atoms with E-state index in [1.807, 2.05) is 24.8 Å². The minimum Gasteiger partial charge on any atom is -0.444 e. The lowest BCUT2D eigenvalue weighted by molar-refractivity contribution is -0.119. The second-order valence-electron chi connectivity index (χ2n) is 14.9. The highest BCUT2D eigenvalue weighted by Crippen LogP contribution is 2.35. The average molecular weight is 695 g/mol. The Bertz CT molecular complexity index is 1640. The first-order chi connectivity index (χ1) is 23.8. The zero-order valence-corrected chi connectivity index (χ0v) is 30.5. The van der Waals surface area contributed by atoms with E-state index >= 15 is 4.39 Å². The van der Waals surface area contributed by atoms with Crippen molar-refractivity contribution in [3.63, 3.8) is 0 Å². The lowest BCUT2D eigenvalue weighted by Crippen LogP contribution is -2.42. The minimum atomic E-state index is -0.711. The number of benzene rings is 1. The molecule has 50 heavy (non-hydrogen) atoms. The number of ether oxygens (including phenoxy) is 1. The van der Waals surface area contributed by atoms with Gasteiger partial charge in [-0.3, -0.25) is 4.79 Å². The van der Waals surface area contributed by atoms with Crippen LogP contribution >= 0.6 is 0 Å². The van der Waals surface area contributed by atoms with E-state index in [-0.39, 0.29) is 11.7 Å². The second-order valence-corrected chi connectivity index (χ2v) is 14.9. The molecule has 10 nitrogen and oxygen atoms in total. The number of nitrogens with one attached hydrogen (secondary N) is 1. The molecule has 1 N–H and O–H groups in total. The van der Waals surface area contributed by atoms with E-state index in [0.717, 1.165) is 69.1 Å². The Morgan fingerprint density at radius 1 is 1.08 bits per heavy atom. The molecule has 12 heteroatoms. The number of nitrogens with zero attached hydrogens (tertiary/aromatic N) is 5. The second kappa shape index (κ2) is 15.9. The van der Waals surface area contributed by atoms with Gasteiger partial charge in [-0.2, -0.15) is 4.98 Å². The van der Waals surface area contributed by atoms with Crippen LogP contribution in [0.3, 0.4) is 0 Å². The van der Waals surface area contributed by atoms with Gasteiger partial charge in [0.25, 0.3) is 0 Å². The maximum Gasteiger partial charge on any atom is 0.407 e. The van der Waals surface area contributed by atoms with Gasteiger partial charge in [0.15, 0.2) is 11.6 Å². The van der Waals surface area contributed by atoms with Gasteiger partial charge in [-0.1, -0.05) is 25.1 Å².